The van der Waals surface area contributed by atoms with E-state index < -0.39 is 10.9 Å². The van der Waals surface area contributed by atoms with Crippen molar-refractivity contribution in [2.75, 3.05) is 0 Å². The summed E-state index contributed by atoms with van der Waals surface area (Å²) < 4.78 is 27.9. The van der Waals surface area contributed by atoms with Crippen LogP contribution in [0, 0.1) is 0 Å². The molecule has 0 aromatic heterocycles. The van der Waals surface area contributed by atoms with Crippen molar-refractivity contribution in [3.05, 3.63) is 29.8 Å². The highest BCUT2D eigenvalue weighted by Gasteiger charge is 2.25. The number of rotatable bonds is 5. The first-order valence-corrected chi connectivity index (χ1v) is 6.54. The minimum atomic E-state index is -2.86. The van der Waals surface area contributed by atoms with Gasteiger partial charge in [0.2, 0.25) is 5.91 Å². The molecule has 1 aromatic carbocycles. The lowest BCUT2D eigenvalue weighted by Gasteiger charge is -2.21. The number of ether oxygens (including phenoxy) is 1. The van der Waals surface area contributed by atoms with E-state index in [0.29, 0.717) is 5.56 Å². The molecule has 1 N–H and O–H groups in total. The van der Waals surface area contributed by atoms with E-state index >= 15 is 0 Å². The van der Waals surface area contributed by atoms with E-state index in [9.17, 15) is 13.6 Å². The number of carbonyl (C=O) groups excluding carboxylic acids is 1. The average Bonchev–Trinajstić information content (AvgIpc) is 2.27. The maximum atomic E-state index is 12.1. The number of alkyl halides is 3. The number of hydrogen-bond acceptors (Lipinski definition) is 2. The molecule has 1 unspecified atom stereocenters. The van der Waals surface area contributed by atoms with Gasteiger partial charge >= 0.3 is 6.61 Å². The molecule has 0 spiro atoms. The second-order valence-corrected chi connectivity index (χ2v) is 6.60. The fourth-order valence-electron chi connectivity index (χ4n) is 1.41. The molecule has 19 heavy (non-hydrogen) atoms. The van der Waals surface area contributed by atoms with Crippen LogP contribution in [0.25, 0.3) is 0 Å². The summed E-state index contributed by atoms with van der Waals surface area (Å²) in [5.74, 6) is -0.105. The fourth-order valence-corrected chi connectivity index (χ4v) is 1.53. The van der Waals surface area contributed by atoms with Gasteiger partial charge in [-0.05, 0) is 38.5 Å². The van der Waals surface area contributed by atoms with Gasteiger partial charge in [0.1, 0.15) is 5.75 Å². The molecule has 0 aliphatic rings. The van der Waals surface area contributed by atoms with Crippen molar-refractivity contribution in [3.8, 4) is 5.75 Å². The molecule has 3 nitrogen and oxygen atoms in total. The molecule has 1 rings (SSSR count). The molecular formula is C13H16BrF2NO2. The Morgan fingerprint density at radius 2 is 2.05 bits per heavy atom. The van der Waals surface area contributed by atoms with Crippen LogP contribution in [0.15, 0.2) is 24.3 Å². The van der Waals surface area contributed by atoms with Gasteiger partial charge < -0.3 is 10.1 Å². The summed E-state index contributed by atoms with van der Waals surface area (Å²) in [7, 11) is 0. The zero-order chi connectivity index (χ0) is 14.6. The lowest BCUT2D eigenvalue weighted by molar-refractivity contribution is -0.123. The molecule has 0 saturated carbocycles. The SMILES string of the molecule is CC(NC(=O)C(C)(C)Br)c1cccc(OC(F)F)c1. The Morgan fingerprint density at radius 3 is 2.58 bits per heavy atom. The number of nitrogens with one attached hydrogen (secondary N) is 1. The lowest BCUT2D eigenvalue weighted by Crippen LogP contribution is -2.38. The number of halogens is 3. The third-order valence-corrected chi connectivity index (χ3v) is 2.83. The summed E-state index contributed by atoms with van der Waals surface area (Å²) in [4.78, 5) is 11.8. The highest BCUT2D eigenvalue weighted by atomic mass is 79.9. The van der Waals surface area contributed by atoms with E-state index in [1.807, 2.05) is 0 Å². The molecule has 0 radical (unpaired) electrons. The third kappa shape index (κ3) is 5.14. The van der Waals surface area contributed by atoms with E-state index in [-0.39, 0.29) is 17.7 Å². The van der Waals surface area contributed by atoms with E-state index in [2.05, 4.69) is 26.0 Å². The maximum Gasteiger partial charge on any atom is 0.387 e. The molecule has 106 valence electrons. The van der Waals surface area contributed by atoms with Gasteiger partial charge in [0, 0.05) is 0 Å². The first-order chi connectivity index (χ1) is 8.70. The van der Waals surface area contributed by atoms with Gasteiger partial charge in [0.25, 0.3) is 0 Å². The van der Waals surface area contributed by atoms with Gasteiger partial charge in [-0.2, -0.15) is 8.78 Å². The van der Waals surface area contributed by atoms with Gasteiger partial charge in [-0.25, -0.2) is 0 Å². The number of hydrogen-bond donors (Lipinski definition) is 1. The van der Waals surface area contributed by atoms with Gasteiger partial charge in [0.15, 0.2) is 0 Å². The molecule has 0 fully saturated rings. The Hall–Kier alpha value is -1.17. The van der Waals surface area contributed by atoms with E-state index in [1.165, 1.54) is 12.1 Å². The molecule has 0 aliphatic heterocycles. The largest absolute Gasteiger partial charge is 0.435 e. The summed E-state index contributed by atoms with van der Waals surface area (Å²) in [6, 6.07) is 5.97. The summed E-state index contributed by atoms with van der Waals surface area (Å²) in [5, 5.41) is 2.79. The van der Waals surface area contributed by atoms with Crippen molar-refractivity contribution >= 4 is 21.8 Å². The third-order valence-electron chi connectivity index (χ3n) is 2.47. The van der Waals surface area contributed by atoms with Crippen LogP contribution in [-0.2, 0) is 4.79 Å². The van der Waals surface area contributed by atoms with Crippen LogP contribution in [0.2, 0.25) is 0 Å². The van der Waals surface area contributed by atoms with E-state index in [1.54, 1.807) is 32.9 Å². The number of amides is 1. The van der Waals surface area contributed by atoms with Crippen molar-refractivity contribution in [1.82, 2.24) is 5.32 Å². The van der Waals surface area contributed by atoms with Crippen molar-refractivity contribution in [2.45, 2.75) is 37.7 Å². The Bertz CT molecular complexity index is 447. The van der Waals surface area contributed by atoms with Gasteiger partial charge in [0.05, 0.1) is 10.4 Å². The lowest BCUT2D eigenvalue weighted by atomic mass is 10.1. The normalized spacial score (nSPS) is 13.2. The smallest absolute Gasteiger partial charge is 0.387 e. The zero-order valence-corrected chi connectivity index (χ0v) is 12.5. The first-order valence-electron chi connectivity index (χ1n) is 5.75. The van der Waals surface area contributed by atoms with Crippen molar-refractivity contribution in [1.29, 1.82) is 0 Å². The average molecular weight is 336 g/mol. The zero-order valence-electron chi connectivity index (χ0n) is 10.9. The van der Waals surface area contributed by atoms with Crippen LogP contribution in [0.3, 0.4) is 0 Å². The summed E-state index contributed by atoms with van der Waals surface area (Å²) in [6.45, 7) is 2.37. The Labute approximate surface area is 119 Å². The van der Waals surface area contributed by atoms with Crippen LogP contribution in [0.4, 0.5) is 8.78 Å². The molecule has 0 saturated heterocycles. The summed E-state index contributed by atoms with van der Waals surface area (Å²) >= 11 is 3.26. The van der Waals surface area contributed by atoms with Crippen molar-refractivity contribution in [3.63, 3.8) is 0 Å². The van der Waals surface area contributed by atoms with E-state index in [0.717, 1.165) is 0 Å². The molecular weight excluding hydrogens is 320 g/mol. The molecule has 1 aromatic rings. The topological polar surface area (TPSA) is 38.3 Å². The van der Waals surface area contributed by atoms with Crippen LogP contribution in [-0.4, -0.2) is 16.8 Å². The van der Waals surface area contributed by atoms with Gasteiger partial charge in [-0.3, -0.25) is 4.79 Å². The van der Waals surface area contributed by atoms with Gasteiger partial charge in [-0.1, -0.05) is 28.1 Å². The van der Waals surface area contributed by atoms with Gasteiger partial charge in [-0.15, -0.1) is 0 Å². The monoisotopic (exact) mass is 335 g/mol. The molecule has 0 bridgehead atoms. The van der Waals surface area contributed by atoms with Crippen LogP contribution < -0.4 is 10.1 Å². The Balaban J connectivity index is 2.77. The van der Waals surface area contributed by atoms with Crippen molar-refractivity contribution < 1.29 is 18.3 Å². The summed E-state index contributed by atoms with van der Waals surface area (Å²) in [5.41, 5.74) is 0.697. The molecule has 1 amide bonds. The predicted molar refractivity (Wildman–Crippen MR) is 72.6 cm³/mol. The molecule has 1 atom stereocenters. The number of carbonyl (C=O) groups is 1. The minimum absolute atomic E-state index is 0.0756. The summed E-state index contributed by atoms with van der Waals surface area (Å²) in [6.07, 6.45) is 0. The van der Waals surface area contributed by atoms with E-state index in [4.69, 9.17) is 0 Å². The van der Waals surface area contributed by atoms with Crippen molar-refractivity contribution in [2.24, 2.45) is 0 Å². The minimum Gasteiger partial charge on any atom is -0.435 e. The standard InChI is InChI=1S/C13H16BrF2NO2/c1-8(17-11(18)13(2,3)14)9-5-4-6-10(7-9)19-12(15)16/h4-8,12H,1-3H3,(H,17,18). The Morgan fingerprint density at radius 1 is 1.42 bits per heavy atom. The second kappa shape index (κ2) is 6.32. The number of benzene rings is 1. The van der Waals surface area contributed by atoms with Crippen LogP contribution in [0.1, 0.15) is 32.4 Å². The molecule has 6 heteroatoms. The van der Waals surface area contributed by atoms with Crippen LogP contribution >= 0.6 is 15.9 Å². The maximum absolute atomic E-state index is 12.1. The second-order valence-electron chi connectivity index (χ2n) is 4.62. The van der Waals surface area contributed by atoms with Crippen LogP contribution in [0.5, 0.6) is 5.75 Å². The molecule has 0 heterocycles. The predicted octanol–water partition coefficient (Wildman–Crippen LogP) is 3.64. The fraction of sp³-hybridized carbons (Fsp3) is 0.462. The molecule has 0 aliphatic carbocycles. The first kappa shape index (κ1) is 15.9. The highest BCUT2D eigenvalue weighted by Crippen LogP contribution is 2.22. The highest BCUT2D eigenvalue weighted by molar-refractivity contribution is 9.10. The quantitative estimate of drug-likeness (QED) is 0.834. The Kier molecular flexibility index (Phi) is 5.29.